The van der Waals surface area contributed by atoms with Gasteiger partial charge in [-0.05, 0) is 49.4 Å². The molecule has 2 aliphatic carbocycles. The van der Waals surface area contributed by atoms with Crippen LogP contribution in [0.4, 0.5) is 0 Å². The molecular formula is C16H31N. The molecule has 2 fully saturated rings. The van der Waals surface area contributed by atoms with Crippen LogP contribution in [0.1, 0.15) is 78.6 Å². The topological polar surface area (TPSA) is 12.0 Å². The van der Waals surface area contributed by atoms with Crippen molar-refractivity contribution in [2.24, 2.45) is 10.8 Å². The van der Waals surface area contributed by atoms with Gasteiger partial charge in [-0.2, -0.15) is 0 Å². The highest BCUT2D eigenvalue weighted by Gasteiger charge is 2.30. The Bertz CT molecular complexity index is 238. The third-order valence-corrected chi connectivity index (χ3v) is 5.20. The largest absolute Gasteiger partial charge is 0.313 e. The molecule has 0 amide bonds. The molecule has 0 heterocycles. The molecule has 0 aromatic carbocycles. The van der Waals surface area contributed by atoms with Gasteiger partial charge in [-0.25, -0.2) is 0 Å². The van der Waals surface area contributed by atoms with Gasteiger partial charge in [-0.3, -0.25) is 0 Å². The predicted octanol–water partition coefficient (Wildman–Crippen LogP) is 4.52. The van der Waals surface area contributed by atoms with E-state index in [0.29, 0.717) is 10.8 Å². The molecule has 1 nitrogen and oxygen atoms in total. The lowest BCUT2D eigenvalue weighted by Crippen LogP contribution is -2.37. The smallest absolute Gasteiger partial charge is 0.00674 e. The first-order chi connectivity index (χ1) is 7.99. The Morgan fingerprint density at radius 3 is 2.29 bits per heavy atom. The number of rotatable bonds is 3. The Hall–Kier alpha value is -0.0400. The molecular weight excluding hydrogens is 206 g/mol. The van der Waals surface area contributed by atoms with Crippen molar-refractivity contribution in [1.29, 1.82) is 0 Å². The highest BCUT2D eigenvalue weighted by Crippen LogP contribution is 2.38. The Morgan fingerprint density at radius 1 is 0.882 bits per heavy atom. The lowest BCUT2D eigenvalue weighted by atomic mass is 9.85. The fourth-order valence-electron chi connectivity index (χ4n) is 3.66. The second-order valence-electron chi connectivity index (χ2n) is 7.69. The molecule has 0 spiro atoms. The summed E-state index contributed by atoms with van der Waals surface area (Å²) < 4.78 is 0. The molecule has 1 heteroatoms. The van der Waals surface area contributed by atoms with Crippen molar-refractivity contribution in [3.05, 3.63) is 0 Å². The van der Waals surface area contributed by atoms with E-state index in [1.54, 1.807) is 0 Å². The average molecular weight is 237 g/mol. The Labute approximate surface area is 108 Å². The van der Waals surface area contributed by atoms with E-state index in [1.165, 1.54) is 64.3 Å². The lowest BCUT2D eigenvalue weighted by Gasteiger charge is -2.28. The molecule has 0 saturated heterocycles. The lowest BCUT2D eigenvalue weighted by molar-refractivity contribution is 0.280. The van der Waals surface area contributed by atoms with Gasteiger partial charge in [0.15, 0.2) is 0 Å². The summed E-state index contributed by atoms with van der Waals surface area (Å²) in [5.74, 6) is 0. The zero-order valence-electron chi connectivity index (χ0n) is 12.1. The monoisotopic (exact) mass is 237 g/mol. The van der Waals surface area contributed by atoms with Crippen LogP contribution in [0.3, 0.4) is 0 Å². The first-order valence-electron chi connectivity index (χ1n) is 7.73. The van der Waals surface area contributed by atoms with Gasteiger partial charge in [0.05, 0.1) is 0 Å². The van der Waals surface area contributed by atoms with Crippen molar-refractivity contribution < 1.29 is 0 Å². The minimum absolute atomic E-state index is 0.591. The molecule has 0 bridgehead atoms. The van der Waals surface area contributed by atoms with Crippen molar-refractivity contribution in [3.63, 3.8) is 0 Å². The van der Waals surface area contributed by atoms with Crippen LogP contribution in [0.25, 0.3) is 0 Å². The SMILES string of the molecule is CC1(C)CCCC(NCC2(C)CCCC2)CC1. The molecule has 1 atom stereocenters. The van der Waals surface area contributed by atoms with Gasteiger partial charge in [-0.1, -0.05) is 40.0 Å². The average Bonchev–Trinajstić information content (AvgIpc) is 2.61. The standard InChI is InChI=1S/C16H31N/c1-15(2)9-6-7-14(8-12-15)17-13-16(3)10-4-5-11-16/h14,17H,4-13H2,1-3H3. The molecule has 17 heavy (non-hydrogen) atoms. The van der Waals surface area contributed by atoms with Gasteiger partial charge in [0.25, 0.3) is 0 Å². The van der Waals surface area contributed by atoms with Crippen LogP contribution in [-0.4, -0.2) is 12.6 Å². The maximum absolute atomic E-state index is 3.88. The first-order valence-corrected chi connectivity index (χ1v) is 7.73. The number of nitrogens with one attached hydrogen (secondary N) is 1. The van der Waals surface area contributed by atoms with Crippen LogP contribution in [-0.2, 0) is 0 Å². The van der Waals surface area contributed by atoms with E-state index in [0.717, 1.165) is 6.04 Å². The van der Waals surface area contributed by atoms with Crippen LogP contribution in [0.2, 0.25) is 0 Å². The minimum atomic E-state index is 0.591. The normalized spacial score (nSPS) is 32.3. The van der Waals surface area contributed by atoms with E-state index >= 15 is 0 Å². The van der Waals surface area contributed by atoms with Crippen LogP contribution in [0.5, 0.6) is 0 Å². The van der Waals surface area contributed by atoms with Crippen molar-refractivity contribution >= 4 is 0 Å². The first kappa shape index (κ1) is 13.4. The van der Waals surface area contributed by atoms with E-state index in [1.807, 2.05) is 0 Å². The third-order valence-electron chi connectivity index (χ3n) is 5.20. The summed E-state index contributed by atoms with van der Waals surface area (Å²) in [5, 5.41) is 3.88. The summed E-state index contributed by atoms with van der Waals surface area (Å²) in [6, 6.07) is 0.800. The highest BCUT2D eigenvalue weighted by molar-refractivity contribution is 4.85. The summed E-state index contributed by atoms with van der Waals surface area (Å²) >= 11 is 0. The molecule has 0 aromatic heterocycles. The molecule has 2 aliphatic rings. The summed E-state index contributed by atoms with van der Waals surface area (Å²) in [6.07, 6.45) is 12.8. The summed E-state index contributed by atoms with van der Waals surface area (Å²) in [6.45, 7) is 8.62. The maximum Gasteiger partial charge on any atom is 0.00674 e. The molecule has 0 aliphatic heterocycles. The van der Waals surface area contributed by atoms with Crippen LogP contribution in [0, 0.1) is 10.8 Å². The highest BCUT2D eigenvalue weighted by atomic mass is 14.9. The van der Waals surface area contributed by atoms with Gasteiger partial charge in [0.2, 0.25) is 0 Å². The molecule has 2 saturated carbocycles. The molecule has 1 unspecified atom stereocenters. The zero-order valence-corrected chi connectivity index (χ0v) is 12.1. The molecule has 2 rings (SSSR count). The van der Waals surface area contributed by atoms with Gasteiger partial charge >= 0.3 is 0 Å². The van der Waals surface area contributed by atoms with Crippen molar-refractivity contribution in [1.82, 2.24) is 5.32 Å². The number of hydrogen-bond acceptors (Lipinski definition) is 1. The zero-order chi connectivity index (χ0) is 12.4. The fraction of sp³-hybridized carbons (Fsp3) is 1.00. The van der Waals surface area contributed by atoms with E-state index < -0.39 is 0 Å². The van der Waals surface area contributed by atoms with Crippen LogP contribution in [0.15, 0.2) is 0 Å². The summed E-state index contributed by atoms with van der Waals surface area (Å²) in [7, 11) is 0. The van der Waals surface area contributed by atoms with Crippen LogP contribution >= 0.6 is 0 Å². The third kappa shape index (κ3) is 3.98. The second kappa shape index (κ2) is 5.30. The van der Waals surface area contributed by atoms with Crippen molar-refractivity contribution in [2.45, 2.75) is 84.6 Å². The Balaban J connectivity index is 1.75. The molecule has 0 radical (unpaired) electrons. The molecule has 1 N–H and O–H groups in total. The Morgan fingerprint density at radius 2 is 1.59 bits per heavy atom. The van der Waals surface area contributed by atoms with Gasteiger partial charge in [-0.15, -0.1) is 0 Å². The minimum Gasteiger partial charge on any atom is -0.313 e. The molecule has 100 valence electrons. The van der Waals surface area contributed by atoms with Gasteiger partial charge in [0.1, 0.15) is 0 Å². The number of hydrogen-bond donors (Lipinski definition) is 1. The maximum atomic E-state index is 3.88. The van der Waals surface area contributed by atoms with Gasteiger partial charge < -0.3 is 5.32 Å². The summed E-state index contributed by atoms with van der Waals surface area (Å²) in [5.41, 5.74) is 1.20. The Kier molecular flexibility index (Phi) is 4.18. The quantitative estimate of drug-likeness (QED) is 0.712. The summed E-state index contributed by atoms with van der Waals surface area (Å²) in [4.78, 5) is 0. The second-order valence-corrected chi connectivity index (χ2v) is 7.69. The van der Waals surface area contributed by atoms with Crippen molar-refractivity contribution in [2.75, 3.05) is 6.54 Å². The van der Waals surface area contributed by atoms with Crippen LogP contribution < -0.4 is 5.32 Å². The van der Waals surface area contributed by atoms with E-state index in [4.69, 9.17) is 0 Å². The van der Waals surface area contributed by atoms with Gasteiger partial charge in [0, 0.05) is 12.6 Å². The fourth-order valence-corrected chi connectivity index (χ4v) is 3.66. The molecule has 0 aromatic rings. The van der Waals surface area contributed by atoms with E-state index in [2.05, 4.69) is 26.1 Å². The van der Waals surface area contributed by atoms with Crippen molar-refractivity contribution in [3.8, 4) is 0 Å². The van der Waals surface area contributed by atoms with E-state index in [-0.39, 0.29) is 0 Å². The van der Waals surface area contributed by atoms with E-state index in [9.17, 15) is 0 Å². The predicted molar refractivity (Wildman–Crippen MR) is 75.2 cm³/mol.